The second kappa shape index (κ2) is 6.96. The van der Waals surface area contributed by atoms with Crippen LogP contribution in [0, 0.1) is 0 Å². The van der Waals surface area contributed by atoms with E-state index >= 15 is 0 Å². The molecule has 1 aromatic rings. The Bertz CT molecular complexity index is 725. The van der Waals surface area contributed by atoms with E-state index in [9.17, 15) is 4.79 Å². The average Bonchev–Trinajstić information content (AvgIpc) is 2.85. The molecule has 4 heterocycles. The van der Waals surface area contributed by atoms with Gasteiger partial charge in [0, 0.05) is 30.2 Å². The van der Waals surface area contributed by atoms with E-state index in [4.69, 9.17) is 27.9 Å². The normalized spacial score (nSPS) is 30.3. The molecule has 0 N–H and O–H groups in total. The molecule has 2 bridgehead atoms. The van der Waals surface area contributed by atoms with Crippen molar-refractivity contribution in [1.82, 2.24) is 15.1 Å². The van der Waals surface area contributed by atoms with Crippen molar-refractivity contribution < 1.29 is 9.53 Å². The number of nitrogens with zero attached hydrogens (tertiary/aromatic N) is 4. The third kappa shape index (κ3) is 3.70. The number of hydrogen-bond acceptors (Lipinski definition) is 5. The van der Waals surface area contributed by atoms with Crippen molar-refractivity contribution in [2.24, 2.45) is 0 Å². The summed E-state index contributed by atoms with van der Waals surface area (Å²) in [5.74, 6) is 0.848. The van der Waals surface area contributed by atoms with Gasteiger partial charge in [-0.05, 0) is 58.9 Å². The second-order valence-corrected chi connectivity index (χ2v) is 9.71. The van der Waals surface area contributed by atoms with Gasteiger partial charge in [0.1, 0.15) is 5.60 Å². The van der Waals surface area contributed by atoms with Crippen molar-refractivity contribution in [3.8, 4) is 0 Å². The van der Waals surface area contributed by atoms with Crippen LogP contribution < -0.4 is 4.90 Å². The predicted octanol–water partition coefficient (Wildman–Crippen LogP) is 4.55. The lowest BCUT2D eigenvalue weighted by molar-refractivity contribution is 0.00576. The summed E-state index contributed by atoms with van der Waals surface area (Å²) in [6.07, 6.45) is 4.59. The maximum absolute atomic E-state index is 12.7. The van der Waals surface area contributed by atoms with E-state index in [0.717, 1.165) is 50.0 Å². The number of alkyl halides is 1. The number of piperidine rings is 1. The van der Waals surface area contributed by atoms with Crippen LogP contribution in [0.1, 0.15) is 63.8 Å². The molecule has 4 rings (SSSR count). The summed E-state index contributed by atoms with van der Waals surface area (Å²) in [4.78, 5) is 17.0. The number of halogens is 2. The van der Waals surface area contributed by atoms with Crippen LogP contribution in [0.2, 0.25) is 5.15 Å². The van der Waals surface area contributed by atoms with Gasteiger partial charge in [0.25, 0.3) is 0 Å². The molecule has 0 radical (unpaired) electrons. The maximum atomic E-state index is 12.7. The molecule has 0 saturated carbocycles. The fourth-order valence-electron chi connectivity index (χ4n) is 4.71. The Morgan fingerprint density at radius 3 is 2.44 bits per heavy atom. The Kier molecular flexibility index (Phi) is 4.91. The minimum atomic E-state index is -0.469. The van der Waals surface area contributed by atoms with Gasteiger partial charge in [-0.3, -0.25) is 0 Å². The van der Waals surface area contributed by atoms with Gasteiger partial charge in [-0.2, -0.15) is 0 Å². The van der Waals surface area contributed by atoms with Gasteiger partial charge in [-0.1, -0.05) is 11.6 Å². The van der Waals surface area contributed by atoms with Gasteiger partial charge >= 0.3 is 6.09 Å². The first kappa shape index (κ1) is 19.1. The topological polar surface area (TPSA) is 58.6 Å². The minimum absolute atomic E-state index is 0.0807. The molecule has 148 valence electrons. The summed E-state index contributed by atoms with van der Waals surface area (Å²) in [5.41, 5.74) is 0.494. The molecular weight excluding hydrogens is 387 g/mol. The molecule has 27 heavy (non-hydrogen) atoms. The molecule has 6 nitrogen and oxygen atoms in total. The van der Waals surface area contributed by atoms with E-state index < -0.39 is 5.60 Å². The summed E-state index contributed by atoms with van der Waals surface area (Å²) < 4.78 is 5.64. The number of rotatable bonds is 1. The summed E-state index contributed by atoms with van der Waals surface area (Å²) in [6, 6.07) is 2.61. The summed E-state index contributed by atoms with van der Waals surface area (Å²) >= 11 is 12.5. The molecule has 0 aliphatic carbocycles. The highest BCUT2D eigenvalue weighted by Crippen LogP contribution is 2.43. The number of amides is 1. The first-order valence-electron chi connectivity index (χ1n) is 9.68. The molecule has 0 aromatic carbocycles. The number of aromatic nitrogens is 2. The zero-order chi connectivity index (χ0) is 19.3. The SMILES string of the molecule is CC(C)(C)OC(=O)N1[C@@H]2CC[C@H]1CC(N1CCC(Cl)c3cc(Cl)nnc31)C2. The number of anilines is 1. The number of fused-ring (bicyclic) bond motifs is 3. The van der Waals surface area contributed by atoms with Crippen LogP contribution >= 0.6 is 23.2 Å². The number of ether oxygens (including phenoxy) is 1. The zero-order valence-electron chi connectivity index (χ0n) is 16.0. The summed E-state index contributed by atoms with van der Waals surface area (Å²) in [7, 11) is 0. The monoisotopic (exact) mass is 412 g/mol. The smallest absolute Gasteiger partial charge is 0.410 e. The van der Waals surface area contributed by atoms with Crippen LogP contribution in [-0.2, 0) is 4.74 Å². The number of hydrogen-bond donors (Lipinski definition) is 0. The average molecular weight is 413 g/mol. The van der Waals surface area contributed by atoms with Crippen LogP contribution in [0.25, 0.3) is 0 Å². The van der Waals surface area contributed by atoms with Crippen LogP contribution in [0.4, 0.5) is 10.6 Å². The van der Waals surface area contributed by atoms with E-state index in [1.54, 1.807) is 0 Å². The Morgan fingerprint density at radius 2 is 1.81 bits per heavy atom. The zero-order valence-corrected chi connectivity index (χ0v) is 17.5. The van der Waals surface area contributed by atoms with Crippen molar-refractivity contribution >= 4 is 35.1 Å². The number of carbonyl (C=O) groups excluding carboxylic acids is 1. The van der Waals surface area contributed by atoms with E-state index in [0.29, 0.717) is 11.2 Å². The first-order chi connectivity index (χ1) is 12.7. The van der Waals surface area contributed by atoms with Crippen molar-refractivity contribution in [2.45, 2.75) is 82.0 Å². The van der Waals surface area contributed by atoms with Crippen molar-refractivity contribution in [3.63, 3.8) is 0 Å². The van der Waals surface area contributed by atoms with E-state index in [-0.39, 0.29) is 23.6 Å². The molecule has 0 spiro atoms. The van der Waals surface area contributed by atoms with E-state index in [2.05, 4.69) is 15.1 Å². The molecular formula is C19H26Cl2N4O2. The Hall–Kier alpha value is -1.27. The molecule has 1 aromatic heterocycles. The predicted molar refractivity (Wildman–Crippen MR) is 106 cm³/mol. The fourth-order valence-corrected chi connectivity index (χ4v) is 5.13. The molecule has 4 atom stereocenters. The Labute approximate surface area is 170 Å². The lowest BCUT2D eigenvalue weighted by Gasteiger charge is -2.45. The van der Waals surface area contributed by atoms with Gasteiger partial charge in [0.05, 0.1) is 5.38 Å². The van der Waals surface area contributed by atoms with Gasteiger partial charge in [0.2, 0.25) is 0 Å². The highest BCUT2D eigenvalue weighted by molar-refractivity contribution is 6.29. The van der Waals surface area contributed by atoms with E-state index in [1.807, 2.05) is 31.7 Å². The second-order valence-electron chi connectivity index (χ2n) is 8.79. The molecule has 1 amide bonds. The molecule has 8 heteroatoms. The largest absolute Gasteiger partial charge is 0.444 e. The Morgan fingerprint density at radius 1 is 1.15 bits per heavy atom. The van der Waals surface area contributed by atoms with Crippen molar-refractivity contribution in [2.75, 3.05) is 11.4 Å². The fraction of sp³-hybridized carbons (Fsp3) is 0.737. The molecule has 2 fully saturated rings. The van der Waals surface area contributed by atoms with Crippen molar-refractivity contribution in [1.29, 1.82) is 0 Å². The van der Waals surface area contributed by atoms with Crippen molar-refractivity contribution in [3.05, 3.63) is 16.8 Å². The summed E-state index contributed by atoms with van der Waals surface area (Å²) in [5, 5.41) is 8.69. The number of carbonyl (C=O) groups is 1. The lowest BCUT2D eigenvalue weighted by atomic mass is 9.93. The molecule has 3 aliphatic heterocycles. The molecule has 3 aliphatic rings. The minimum Gasteiger partial charge on any atom is -0.444 e. The summed E-state index contributed by atoms with van der Waals surface area (Å²) in [6.45, 7) is 6.60. The third-order valence-corrected chi connectivity index (χ3v) is 6.40. The van der Waals surface area contributed by atoms with Gasteiger partial charge in [0.15, 0.2) is 11.0 Å². The van der Waals surface area contributed by atoms with Gasteiger partial charge in [-0.15, -0.1) is 21.8 Å². The first-order valence-corrected chi connectivity index (χ1v) is 10.5. The standard InChI is InChI=1S/C19H26Cl2N4O2/c1-19(2,3)27-18(26)25-11-4-5-12(25)9-13(8-11)24-7-6-15(20)14-10-16(21)22-23-17(14)24/h10-13,15H,4-9H2,1-3H3/t11-,12+,13?,15?. The Balaban J connectivity index is 1.53. The van der Waals surface area contributed by atoms with Crippen LogP contribution in [0.15, 0.2) is 6.07 Å². The van der Waals surface area contributed by atoms with E-state index in [1.165, 1.54) is 0 Å². The quantitative estimate of drug-likeness (QED) is 0.633. The van der Waals surface area contributed by atoms with Crippen LogP contribution in [0.3, 0.4) is 0 Å². The lowest BCUT2D eigenvalue weighted by Crippen LogP contribution is -2.54. The highest BCUT2D eigenvalue weighted by Gasteiger charge is 2.47. The van der Waals surface area contributed by atoms with Gasteiger partial charge < -0.3 is 14.5 Å². The molecule has 2 saturated heterocycles. The van der Waals surface area contributed by atoms with Gasteiger partial charge in [-0.25, -0.2) is 4.79 Å². The van der Waals surface area contributed by atoms with Crippen LogP contribution in [0.5, 0.6) is 0 Å². The van der Waals surface area contributed by atoms with Crippen LogP contribution in [-0.4, -0.2) is 51.5 Å². The molecule has 2 unspecified atom stereocenters. The maximum Gasteiger partial charge on any atom is 0.410 e. The third-order valence-electron chi connectivity index (χ3n) is 5.76. The highest BCUT2D eigenvalue weighted by atomic mass is 35.5.